The van der Waals surface area contributed by atoms with Crippen molar-refractivity contribution in [3.8, 4) is 0 Å². The van der Waals surface area contributed by atoms with Gasteiger partial charge in [0.05, 0.1) is 8.45 Å². The highest BCUT2D eigenvalue weighted by Crippen LogP contribution is 2.29. The van der Waals surface area contributed by atoms with E-state index in [4.69, 9.17) is 10.9 Å². The van der Waals surface area contributed by atoms with Crippen LogP contribution in [0.4, 0.5) is 0 Å². The number of amides is 1. The molecule has 0 unspecified atom stereocenters. The van der Waals surface area contributed by atoms with Crippen molar-refractivity contribution in [3.05, 3.63) is 19.9 Å². The fourth-order valence-electron chi connectivity index (χ4n) is 1.71. The molecule has 1 aliphatic carbocycles. The molecule has 1 aliphatic rings. The zero-order valence-electron chi connectivity index (χ0n) is 9.67. The van der Waals surface area contributed by atoms with Gasteiger partial charge in [0.1, 0.15) is 5.84 Å². The standard InChI is InChI=1S/C11H14IN3O2S/c12-9-5-7(6-18-9)11(16)15(8-1-2-8)4-3-10(13)14-17/h5-6,8,17H,1-4H2,(H2,13,14). The number of rotatable bonds is 5. The molecule has 0 aliphatic heterocycles. The zero-order valence-corrected chi connectivity index (χ0v) is 12.6. The lowest BCUT2D eigenvalue weighted by molar-refractivity contribution is 0.0748. The van der Waals surface area contributed by atoms with Crippen molar-refractivity contribution in [1.82, 2.24) is 4.90 Å². The molecule has 1 saturated carbocycles. The molecule has 0 saturated heterocycles. The van der Waals surface area contributed by atoms with E-state index >= 15 is 0 Å². The molecule has 1 aromatic heterocycles. The summed E-state index contributed by atoms with van der Waals surface area (Å²) >= 11 is 3.77. The Balaban J connectivity index is 2.03. The predicted octanol–water partition coefficient (Wildman–Crippen LogP) is 2.09. The molecular formula is C11H14IN3O2S. The van der Waals surface area contributed by atoms with Crippen LogP contribution in [0.15, 0.2) is 16.6 Å². The van der Waals surface area contributed by atoms with Crippen molar-refractivity contribution in [2.24, 2.45) is 10.9 Å². The van der Waals surface area contributed by atoms with Crippen LogP contribution in [-0.2, 0) is 0 Å². The van der Waals surface area contributed by atoms with E-state index in [1.165, 1.54) is 0 Å². The largest absolute Gasteiger partial charge is 0.409 e. The van der Waals surface area contributed by atoms with Crippen LogP contribution < -0.4 is 5.73 Å². The summed E-state index contributed by atoms with van der Waals surface area (Å²) in [5, 5.41) is 13.3. The van der Waals surface area contributed by atoms with Crippen molar-refractivity contribution < 1.29 is 10.0 Å². The van der Waals surface area contributed by atoms with Gasteiger partial charge in [0, 0.05) is 24.4 Å². The van der Waals surface area contributed by atoms with E-state index in [2.05, 4.69) is 27.7 Å². The summed E-state index contributed by atoms with van der Waals surface area (Å²) in [6.07, 6.45) is 2.49. The summed E-state index contributed by atoms with van der Waals surface area (Å²) in [5.41, 5.74) is 6.18. The molecule has 0 radical (unpaired) electrons. The Bertz CT molecular complexity index is 471. The molecule has 0 bridgehead atoms. The summed E-state index contributed by atoms with van der Waals surface area (Å²) in [6.45, 7) is 0.506. The third-order valence-corrected chi connectivity index (χ3v) is 4.59. The van der Waals surface area contributed by atoms with Gasteiger partial charge in [-0.15, -0.1) is 11.3 Å². The SMILES string of the molecule is NC(CCN(C(=O)c1csc(I)c1)C1CC1)=NO. The number of carbonyl (C=O) groups is 1. The van der Waals surface area contributed by atoms with Crippen LogP contribution in [0, 0.1) is 2.88 Å². The highest BCUT2D eigenvalue weighted by molar-refractivity contribution is 14.1. The normalized spacial score (nSPS) is 15.7. The lowest BCUT2D eigenvalue weighted by atomic mass is 10.2. The van der Waals surface area contributed by atoms with Crippen LogP contribution in [-0.4, -0.2) is 34.4 Å². The Hall–Kier alpha value is -0.830. The summed E-state index contributed by atoms with van der Waals surface area (Å²) in [4.78, 5) is 14.2. The number of oxime groups is 1. The maximum absolute atomic E-state index is 12.3. The van der Waals surface area contributed by atoms with Crippen LogP contribution in [0.2, 0.25) is 0 Å². The molecule has 0 atom stereocenters. The Morgan fingerprint density at radius 1 is 1.67 bits per heavy atom. The Kier molecular flexibility index (Phi) is 4.44. The van der Waals surface area contributed by atoms with Crippen molar-refractivity contribution >= 4 is 45.7 Å². The third-order valence-electron chi connectivity index (χ3n) is 2.80. The van der Waals surface area contributed by atoms with Gasteiger partial charge in [0.15, 0.2) is 0 Å². The highest BCUT2D eigenvalue weighted by atomic mass is 127. The number of thiophene rings is 1. The first kappa shape index (κ1) is 13.6. The second kappa shape index (κ2) is 5.87. The highest BCUT2D eigenvalue weighted by Gasteiger charge is 2.33. The first-order valence-corrected chi connectivity index (χ1v) is 7.59. The van der Waals surface area contributed by atoms with Crippen molar-refractivity contribution in [1.29, 1.82) is 0 Å². The van der Waals surface area contributed by atoms with Gasteiger partial charge >= 0.3 is 0 Å². The van der Waals surface area contributed by atoms with Crippen LogP contribution in [0.5, 0.6) is 0 Å². The van der Waals surface area contributed by atoms with Gasteiger partial charge in [-0.2, -0.15) is 0 Å². The number of halogens is 1. The average molecular weight is 379 g/mol. The minimum Gasteiger partial charge on any atom is -0.409 e. The molecular weight excluding hydrogens is 365 g/mol. The van der Waals surface area contributed by atoms with Crippen LogP contribution in [0.1, 0.15) is 29.6 Å². The molecule has 1 amide bonds. The molecule has 7 heteroatoms. The Labute approximate surface area is 123 Å². The maximum Gasteiger partial charge on any atom is 0.254 e. The second-order valence-electron chi connectivity index (χ2n) is 4.21. The topological polar surface area (TPSA) is 78.9 Å². The number of amidine groups is 1. The van der Waals surface area contributed by atoms with Crippen LogP contribution in [0.3, 0.4) is 0 Å². The second-order valence-corrected chi connectivity index (χ2v) is 7.02. The van der Waals surface area contributed by atoms with E-state index in [0.29, 0.717) is 19.0 Å². The molecule has 1 aromatic rings. The minimum absolute atomic E-state index is 0.0439. The van der Waals surface area contributed by atoms with E-state index in [0.717, 1.165) is 21.3 Å². The average Bonchev–Trinajstić information content (AvgIpc) is 3.10. The van der Waals surface area contributed by atoms with E-state index in [-0.39, 0.29) is 11.7 Å². The summed E-state index contributed by atoms with van der Waals surface area (Å²) in [5.74, 6) is 0.204. The monoisotopic (exact) mass is 379 g/mol. The number of nitrogens with two attached hydrogens (primary N) is 1. The van der Waals surface area contributed by atoms with Gasteiger partial charge in [-0.1, -0.05) is 5.16 Å². The Morgan fingerprint density at radius 2 is 2.39 bits per heavy atom. The molecule has 5 nitrogen and oxygen atoms in total. The fraction of sp³-hybridized carbons (Fsp3) is 0.455. The number of carbonyl (C=O) groups excluding carboxylic acids is 1. The Morgan fingerprint density at radius 3 is 2.89 bits per heavy atom. The van der Waals surface area contributed by atoms with Gasteiger partial charge in [-0.3, -0.25) is 4.79 Å². The minimum atomic E-state index is 0.0439. The number of hydrogen-bond donors (Lipinski definition) is 2. The molecule has 0 aromatic carbocycles. The summed E-state index contributed by atoms with van der Waals surface area (Å²) in [6, 6.07) is 2.22. The van der Waals surface area contributed by atoms with E-state index in [1.54, 1.807) is 11.3 Å². The lowest BCUT2D eigenvalue weighted by Crippen LogP contribution is -2.35. The van der Waals surface area contributed by atoms with E-state index in [1.807, 2.05) is 16.3 Å². The van der Waals surface area contributed by atoms with Crippen molar-refractivity contribution in [2.75, 3.05) is 6.54 Å². The molecule has 18 heavy (non-hydrogen) atoms. The summed E-state index contributed by atoms with van der Waals surface area (Å²) in [7, 11) is 0. The molecule has 1 fully saturated rings. The summed E-state index contributed by atoms with van der Waals surface area (Å²) < 4.78 is 1.10. The predicted molar refractivity (Wildman–Crippen MR) is 79.1 cm³/mol. The van der Waals surface area contributed by atoms with Gasteiger partial charge < -0.3 is 15.8 Å². The van der Waals surface area contributed by atoms with E-state index in [9.17, 15) is 4.79 Å². The van der Waals surface area contributed by atoms with Gasteiger partial charge in [-0.05, 0) is 41.5 Å². The van der Waals surface area contributed by atoms with E-state index < -0.39 is 0 Å². The van der Waals surface area contributed by atoms with Crippen molar-refractivity contribution in [2.45, 2.75) is 25.3 Å². The molecule has 2 rings (SSSR count). The molecule has 1 heterocycles. The zero-order chi connectivity index (χ0) is 13.1. The molecule has 98 valence electrons. The van der Waals surface area contributed by atoms with Gasteiger partial charge in [0.25, 0.3) is 5.91 Å². The molecule has 3 N–H and O–H groups in total. The smallest absolute Gasteiger partial charge is 0.254 e. The first-order valence-electron chi connectivity index (χ1n) is 5.63. The van der Waals surface area contributed by atoms with Gasteiger partial charge in [-0.25, -0.2) is 0 Å². The van der Waals surface area contributed by atoms with Crippen LogP contribution in [0.25, 0.3) is 0 Å². The lowest BCUT2D eigenvalue weighted by Gasteiger charge is -2.21. The fourth-order valence-corrected chi connectivity index (χ4v) is 3.03. The first-order chi connectivity index (χ1) is 8.61. The molecule has 0 spiro atoms. The maximum atomic E-state index is 12.3. The van der Waals surface area contributed by atoms with Crippen LogP contribution >= 0.6 is 33.9 Å². The van der Waals surface area contributed by atoms with Gasteiger partial charge in [0.2, 0.25) is 0 Å². The van der Waals surface area contributed by atoms with Crippen molar-refractivity contribution in [3.63, 3.8) is 0 Å². The quantitative estimate of drug-likeness (QED) is 0.270. The number of nitrogens with zero attached hydrogens (tertiary/aromatic N) is 2. The third kappa shape index (κ3) is 3.35. The number of hydrogen-bond acceptors (Lipinski definition) is 4.